The number of carbonyl (C=O) groups is 1. The normalized spacial score (nSPS) is 25.1. The summed E-state index contributed by atoms with van der Waals surface area (Å²) in [4.78, 5) is 24.9. The largest absolute Gasteiger partial charge is 0.479 e. The second-order valence-corrected chi connectivity index (χ2v) is 12.8. The number of rotatable bonds is 11. The number of para-hydroxylation sites is 1. The van der Waals surface area contributed by atoms with E-state index in [0.29, 0.717) is 11.3 Å². The summed E-state index contributed by atoms with van der Waals surface area (Å²) in [6.45, 7) is 2.76. The first-order chi connectivity index (χ1) is 18.8. The van der Waals surface area contributed by atoms with E-state index in [9.17, 15) is 15.0 Å². The summed E-state index contributed by atoms with van der Waals surface area (Å²) in [6.07, 6.45) is -2.56. The molecule has 218 valence electrons. The lowest BCUT2D eigenvalue weighted by atomic mass is 9.96. The summed E-state index contributed by atoms with van der Waals surface area (Å²) >= 11 is 5.73. The lowest BCUT2D eigenvalue weighted by Crippen LogP contribution is -2.44. The number of nitrogens with zero attached hydrogens (tertiary/aromatic N) is 4. The van der Waals surface area contributed by atoms with Crippen molar-refractivity contribution in [3.8, 4) is 11.6 Å². The summed E-state index contributed by atoms with van der Waals surface area (Å²) < 4.78 is 30.0. The summed E-state index contributed by atoms with van der Waals surface area (Å²) in [6, 6.07) is 7.86. The molecular weight excluding hydrogens is 563 g/mol. The maximum absolute atomic E-state index is 12.5. The number of imidazole rings is 1. The summed E-state index contributed by atoms with van der Waals surface area (Å²) in [5.74, 6) is -0.0432. The molecule has 4 rings (SSSR count). The number of nitrogen functional groups attached to an aromatic ring is 1. The summed E-state index contributed by atoms with van der Waals surface area (Å²) in [5.41, 5.74) is 4.54. The first-order valence-electron chi connectivity index (χ1n) is 12.4. The van der Waals surface area contributed by atoms with Crippen molar-refractivity contribution in [1.29, 1.82) is 0 Å². The number of fused-ring (bicyclic) bond motifs is 1. The van der Waals surface area contributed by atoms with E-state index in [4.69, 9.17) is 40.8 Å². The van der Waals surface area contributed by atoms with Gasteiger partial charge in [-0.15, -0.1) is 0 Å². The van der Waals surface area contributed by atoms with Gasteiger partial charge >= 0.3 is 12.6 Å². The molecular formula is C24H33N6O8PS. The lowest BCUT2D eigenvalue weighted by molar-refractivity contribution is -0.149. The predicted molar refractivity (Wildman–Crippen MR) is 148 cm³/mol. The highest BCUT2D eigenvalue weighted by molar-refractivity contribution is 8.09. The summed E-state index contributed by atoms with van der Waals surface area (Å²) in [7, 11) is 1.42. The maximum Gasteiger partial charge on any atom is 0.323 e. The Kier molecular flexibility index (Phi) is 8.95. The van der Waals surface area contributed by atoms with Gasteiger partial charge in [-0.3, -0.25) is 9.36 Å². The molecule has 0 radical (unpaired) electrons. The SMILES string of the molecule is COc1nc(N)nc2c1ncn2[C@@H]1OC(COP(=S)(NC(C)C(=O)OC(C)C)Oc2ccccc2)C(O)C1(C)O. The monoisotopic (exact) mass is 596 g/mol. The number of hydrogen-bond donors (Lipinski definition) is 4. The van der Waals surface area contributed by atoms with Crippen LogP contribution in [0.1, 0.15) is 33.9 Å². The van der Waals surface area contributed by atoms with E-state index >= 15 is 0 Å². The third-order valence-corrected chi connectivity index (χ3v) is 8.54. The van der Waals surface area contributed by atoms with Gasteiger partial charge in [0.1, 0.15) is 29.6 Å². The number of aliphatic hydroxyl groups excluding tert-OH is 1. The zero-order valence-electron chi connectivity index (χ0n) is 22.6. The van der Waals surface area contributed by atoms with E-state index in [1.54, 1.807) is 45.0 Å². The van der Waals surface area contributed by atoms with Crippen molar-refractivity contribution in [2.24, 2.45) is 0 Å². The number of ether oxygens (including phenoxy) is 3. The Hall–Kier alpha value is -2.91. The zero-order chi connectivity index (χ0) is 29.2. The Bertz CT molecular complexity index is 1390. The molecule has 0 amide bonds. The Labute approximate surface area is 236 Å². The number of anilines is 1. The van der Waals surface area contributed by atoms with E-state index in [2.05, 4.69) is 20.0 Å². The highest BCUT2D eigenvalue weighted by Gasteiger charge is 2.54. The Morgan fingerprint density at radius 3 is 2.65 bits per heavy atom. The van der Waals surface area contributed by atoms with Crippen LogP contribution in [-0.4, -0.2) is 79.4 Å². The minimum atomic E-state index is -3.41. The van der Waals surface area contributed by atoms with Crippen molar-refractivity contribution in [1.82, 2.24) is 24.6 Å². The average Bonchev–Trinajstić information content (AvgIpc) is 3.40. The van der Waals surface area contributed by atoms with Gasteiger partial charge in [0.05, 0.1) is 26.1 Å². The Morgan fingerprint density at radius 1 is 1.30 bits per heavy atom. The first-order valence-corrected chi connectivity index (χ1v) is 15.1. The lowest BCUT2D eigenvalue weighted by Gasteiger charge is -2.28. The van der Waals surface area contributed by atoms with Crippen LogP contribution in [0.3, 0.4) is 0 Å². The molecule has 5 unspecified atom stereocenters. The van der Waals surface area contributed by atoms with E-state index < -0.39 is 42.7 Å². The number of aliphatic hydroxyl groups is 2. The number of hydrogen-bond acceptors (Lipinski definition) is 13. The average molecular weight is 597 g/mol. The van der Waals surface area contributed by atoms with Crippen molar-refractivity contribution in [2.75, 3.05) is 19.5 Å². The fourth-order valence-electron chi connectivity index (χ4n) is 4.10. The molecule has 40 heavy (non-hydrogen) atoms. The number of carbonyl (C=O) groups excluding carboxylic acids is 1. The molecule has 0 bridgehead atoms. The van der Waals surface area contributed by atoms with Gasteiger partial charge < -0.3 is 39.2 Å². The van der Waals surface area contributed by atoms with Crippen LogP contribution < -0.4 is 20.1 Å². The van der Waals surface area contributed by atoms with Crippen molar-refractivity contribution in [3.05, 3.63) is 36.7 Å². The van der Waals surface area contributed by atoms with Crippen LogP contribution in [0.2, 0.25) is 0 Å². The second kappa shape index (κ2) is 11.9. The number of nitrogens with one attached hydrogen (secondary N) is 1. The molecule has 0 saturated carbocycles. The molecule has 0 spiro atoms. The third-order valence-electron chi connectivity index (χ3n) is 6.04. The molecule has 1 aliphatic heterocycles. The molecule has 0 aliphatic carbocycles. The maximum atomic E-state index is 12.5. The van der Waals surface area contributed by atoms with Crippen LogP contribution in [-0.2, 0) is 30.6 Å². The van der Waals surface area contributed by atoms with Crippen molar-refractivity contribution in [2.45, 2.75) is 63.9 Å². The minimum absolute atomic E-state index is 0.0703. The van der Waals surface area contributed by atoms with Gasteiger partial charge in [0.2, 0.25) is 11.8 Å². The Morgan fingerprint density at radius 2 is 2.00 bits per heavy atom. The van der Waals surface area contributed by atoms with Crippen molar-refractivity contribution >= 4 is 41.5 Å². The Balaban J connectivity index is 1.56. The summed E-state index contributed by atoms with van der Waals surface area (Å²) in [5, 5.41) is 25.3. The molecule has 16 heteroatoms. The fourth-order valence-corrected chi connectivity index (χ4v) is 6.52. The van der Waals surface area contributed by atoms with E-state index in [-0.39, 0.29) is 30.2 Å². The molecule has 14 nitrogen and oxygen atoms in total. The number of methoxy groups -OCH3 is 1. The van der Waals surface area contributed by atoms with Crippen LogP contribution in [0.15, 0.2) is 36.7 Å². The van der Waals surface area contributed by atoms with Crippen LogP contribution in [0.4, 0.5) is 5.95 Å². The van der Waals surface area contributed by atoms with Crippen LogP contribution in [0.5, 0.6) is 11.6 Å². The molecule has 3 heterocycles. The number of nitrogens with two attached hydrogens (primary N) is 1. The van der Waals surface area contributed by atoms with Crippen molar-refractivity contribution in [3.63, 3.8) is 0 Å². The topological polar surface area (TPSA) is 185 Å². The molecule has 6 atom stereocenters. The van der Waals surface area contributed by atoms with Gasteiger partial charge in [-0.1, -0.05) is 18.2 Å². The number of benzene rings is 1. The molecule has 5 N–H and O–H groups in total. The highest BCUT2D eigenvalue weighted by Crippen LogP contribution is 2.47. The van der Waals surface area contributed by atoms with Crippen LogP contribution >= 0.6 is 6.64 Å². The number of aromatic nitrogens is 4. The highest BCUT2D eigenvalue weighted by atomic mass is 32.5. The molecule has 1 aromatic carbocycles. The molecule has 1 fully saturated rings. The second-order valence-electron chi connectivity index (χ2n) is 9.65. The smallest absolute Gasteiger partial charge is 0.323 e. The fraction of sp³-hybridized carbons (Fsp3) is 0.500. The zero-order valence-corrected chi connectivity index (χ0v) is 24.3. The molecule has 1 saturated heterocycles. The predicted octanol–water partition coefficient (Wildman–Crippen LogP) is 1.68. The van der Waals surface area contributed by atoms with Crippen molar-refractivity contribution < 1.29 is 38.3 Å². The van der Waals surface area contributed by atoms with Crippen LogP contribution in [0.25, 0.3) is 11.2 Å². The van der Waals surface area contributed by atoms with Gasteiger partial charge in [-0.25, -0.2) is 10.1 Å². The minimum Gasteiger partial charge on any atom is -0.479 e. The van der Waals surface area contributed by atoms with Crippen LogP contribution in [0, 0.1) is 0 Å². The van der Waals surface area contributed by atoms with Gasteiger partial charge in [-0.2, -0.15) is 9.97 Å². The standard InChI is InChI=1S/C24H33N6O8PS/c1-13(2)36-21(32)14(3)29-39(40,38-15-9-7-6-8-10-15)35-11-16-18(31)24(4,33)22(37-16)30-12-26-17-19(30)27-23(25)28-20(17)34-5/h6-10,12-14,16,18,22,31,33H,11H2,1-5H3,(H,29,40)(H2,25,27,28)/t14?,16?,18?,22-,24?,39?/m1/s1. The quantitative estimate of drug-likeness (QED) is 0.185. The first kappa shape index (κ1) is 30.1. The van der Waals surface area contributed by atoms with E-state index in [1.165, 1.54) is 24.9 Å². The van der Waals surface area contributed by atoms with E-state index in [0.717, 1.165) is 0 Å². The van der Waals surface area contributed by atoms with Gasteiger partial charge in [0.15, 0.2) is 17.4 Å². The van der Waals surface area contributed by atoms with Gasteiger partial charge in [0, 0.05) is 0 Å². The van der Waals surface area contributed by atoms with Gasteiger partial charge in [-0.05, 0) is 51.6 Å². The number of esters is 1. The molecule has 3 aromatic rings. The molecule has 1 aliphatic rings. The van der Waals surface area contributed by atoms with E-state index in [1.807, 2.05) is 6.07 Å². The van der Waals surface area contributed by atoms with Gasteiger partial charge in [0.25, 0.3) is 0 Å². The molecule has 2 aromatic heterocycles. The third kappa shape index (κ3) is 6.36.